The van der Waals surface area contributed by atoms with Crippen LogP contribution in [0.25, 0.3) is 0 Å². The van der Waals surface area contributed by atoms with Crippen molar-refractivity contribution >= 4 is 5.97 Å². The topological polar surface area (TPSA) is 32.8 Å². The molecule has 0 unspecified atom stereocenters. The van der Waals surface area contributed by atoms with Crippen molar-refractivity contribution in [3.05, 3.63) is 35.9 Å². The number of halogens is 3. The van der Waals surface area contributed by atoms with Crippen molar-refractivity contribution in [2.45, 2.75) is 38.4 Å². The summed E-state index contributed by atoms with van der Waals surface area (Å²) in [5.41, 5.74) is 1.34. The second-order valence-corrected chi connectivity index (χ2v) is 7.37. The summed E-state index contributed by atoms with van der Waals surface area (Å²) in [6.07, 6.45) is -1.09. The number of rotatable bonds is 6. The smallest absolute Gasteiger partial charge is 0.361 e. The van der Waals surface area contributed by atoms with E-state index in [1.807, 2.05) is 6.07 Å². The lowest BCUT2D eigenvalue weighted by molar-refractivity contribution is -0.242. The van der Waals surface area contributed by atoms with Crippen molar-refractivity contribution in [2.75, 3.05) is 26.2 Å². The molecule has 0 saturated carbocycles. The van der Waals surface area contributed by atoms with Gasteiger partial charge in [-0.15, -0.1) is 5.06 Å². The van der Waals surface area contributed by atoms with Crippen LogP contribution >= 0.6 is 0 Å². The molecule has 2 aliphatic rings. The molecule has 0 bridgehead atoms. The zero-order valence-electron chi connectivity index (χ0n) is 14.8. The monoisotopic (exact) mass is 370 g/mol. The van der Waals surface area contributed by atoms with Crippen LogP contribution in [0.3, 0.4) is 0 Å². The van der Waals surface area contributed by atoms with Crippen molar-refractivity contribution in [3.63, 3.8) is 0 Å². The Labute approximate surface area is 151 Å². The molecule has 0 amide bonds. The first-order valence-electron chi connectivity index (χ1n) is 9.20. The van der Waals surface area contributed by atoms with Crippen LogP contribution in [-0.4, -0.2) is 48.3 Å². The fourth-order valence-electron chi connectivity index (χ4n) is 3.76. The van der Waals surface area contributed by atoms with E-state index < -0.39 is 12.1 Å². The standard InChI is InChI=1S/C19H25F3N2O2/c20-19(21,22)18(25)26-24-10-8-15(9-11-24)6-7-17-13-23(14-17)12-16-4-2-1-3-5-16/h1-5,15,17H,6-14H2. The number of piperidine rings is 1. The number of alkyl halides is 3. The highest BCUT2D eigenvalue weighted by Crippen LogP contribution is 2.29. The highest BCUT2D eigenvalue weighted by atomic mass is 19.4. The lowest BCUT2D eigenvalue weighted by atomic mass is 9.86. The number of hydrogen-bond acceptors (Lipinski definition) is 4. The molecule has 3 rings (SSSR count). The molecule has 2 saturated heterocycles. The van der Waals surface area contributed by atoms with Crippen molar-refractivity contribution < 1.29 is 22.8 Å². The van der Waals surface area contributed by atoms with Gasteiger partial charge in [0.1, 0.15) is 0 Å². The third kappa shape index (κ3) is 5.45. The average Bonchev–Trinajstić information content (AvgIpc) is 2.58. The fraction of sp³-hybridized carbons (Fsp3) is 0.632. The van der Waals surface area contributed by atoms with Crippen LogP contribution in [0.1, 0.15) is 31.2 Å². The van der Waals surface area contributed by atoms with Gasteiger partial charge < -0.3 is 4.84 Å². The molecule has 1 aromatic rings. The van der Waals surface area contributed by atoms with E-state index in [-0.39, 0.29) is 0 Å². The van der Waals surface area contributed by atoms with Gasteiger partial charge >= 0.3 is 12.1 Å². The molecule has 144 valence electrons. The summed E-state index contributed by atoms with van der Waals surface area (Å²) in [5, 5.41) is 1.15. The predicted molar refractivity (Wildman–Crippen MR) is 90.9 cm³/mol. The highest BCUT2D eigenvalue weighted by molar-refractivity contribution is 5.75. The van der Waals surface area contributed by atoms with E-state index >= 15 is 0 Å². The van der Waals surface area contributed by atoms with Gasteiger partial charge in [-0.2, -0.15) is 13.2 Å². The minimum absolute atomic E-state index is 0.386. The summed E-state index contributed by atoms with van der Waals surface area (Å²) in [5.74, 6) is -0.886. The minimum Gasteiger partial charge on any atom is -0.361 e. The zero-order chi connectivity index (χ0) is 18.6. The second kappa shape index (κ2) is 8.39. The Morgan fingerprint density at radius 3 is 2.27 bits per heavy atom. The van der Waals surface area contributed by atoms with Crippen molar-refractivity contribution in [3.8, 4) is 0 Å². The SMILES string of the molecule is O=C(ON1CCC(CCC2CN(Cc3ccccc3)C2)CC1)C(F)(F)F. The van der Waals surface area contributed by atoms with Crippen LogP contribution in [0.5, 0.6) is 0 Å². The van der Waals surface area contributed by atoms with Crippen LogP contribution in [0.4, 0.5) is 13.2 Å². The summed E-state index contributed by atoms with van der Waals surface area (Å²) < 4.78 is 36.6. The van der Waals surface area contributed by atoms with Gasteiger partial charge in [0, 0.05) is 32.7 Å². The Hall–Kier alpha value is -1.60. The largest absolute Gasteiger partial charge is 0.492 e. The van der Waals surface area contributed by atoms with E-state index in [2.05, 4.69) is 34.0 Å². The maximum absolute atomic E-state index is 12.2. The average molecular weight is 370 g/mol. The first-order valence-corrected chi connectivity index (χ1v) is 9.20. The maximum atomic E-state index is 12.2. The molecule has 7 heteroatoms. The van der Waals surface area contributed by atoms with Gasteiger partial charge in [0.2, 0.25) is 0 Å². The van der Waals surface area contributed by atoms with E-state index in [9.17, 15) is 18.0 Å². The second-order valence-electron chi connectivity index (χ2n) is 7.37. The summed E-state index contributed by atoms with van der Waals surface area (Å²) >= 11 is 0. The third-order valence-electron chi connectivity index (χ3n) is 5.28. The van der Waals surface area contributed by atoms with Gasteiger partial charge in [-0.3, -0.25) is 4.90 Å². The van der Waals surface area contributed by atoms with Gasteiger partial charge in [-0.25, -0.2) is 4.79 Å². The van der Waals surface area contributed by atoms with E-state index in [1.165, 1.54) is 5.56 Å². The lowest BCUT2D eigenvalue weighted by Gasteiger charge is -2.40. The summed E-state index contributed by atoms with van der Waals surface area (Å²) in [4.78, 5) is 17.7. The van der Waals surface area contributed by atoms with Crippen LogP contribution in [0, 0.1) is 11.8 Å². The molecule has 0 N–H and O–H groups in total. The fourth-order valence-corrected chi connectivity index (χ4v) is 3.76. The summed E-state index contributed by atoms with van der Waals surface area (Å²) in [6, 6.07) is 10.4. The van der Waals surface area contributed by atoms with Gasteiger partial charge in [0.25, 0.3) is 0 Å². The molecular formula is C19H25F3N2O2. The number of carbonyl (C=O) groups excluding carboxylic acids is 1. The highest BCUT2D eigenvalue weighted by Gasteiger charge is 2.43. The molecule has 26 heavy (non-hydrogen) atoms. The normalized spacial score (nSPS) is 20.7. The molecule has 2 fully saturated rings. The molecule has 0 aliphatic carbocycles. The Balaban J connectivity index is 1.28. The first-order chi connectivity index (χ1) is 12.4. The van der Waals surface area contributed by atoms with Crippen LogP contribution in [0.15, 0.2) is 30.3 Å². The van der Waals surface area contributed by atoms with Crippen molar-refractivity contribution in [1.29, 1.82) is 0 Å². The Kier molecular flexibility index (Phi) is 6.19. The number of nitrogens with zero attached hydrogens (tertiary/aromatic N) is 2. The number of carbonyl (C=O) groups is 1. The Bertz CT molecular complexity index is 580. The Morgan fingerprint density at radius 1 is 1.04 bits per heavy atom. The lowest BCUT2D eigenvalue weighted by Crippen LogP contribution is -2.46. The molecule has 0 spiro atoms. The van der Waals surface area contributed by atoms with E-state index in [4.69, 9.17) is 0 Å². The number of benzene rings is 1. The van der Waals surface area contributed by atoms with Gasteiger partial charge in [0.15, 0.2) is 0 Å². The molecule has 0 atom stereocenters. The maximum Gasteiger partial charge on any atom is 0.492 e. The van der Waals surface area contributed by atoms with Crippen LogP contribution in [0.2, 0.25) is 0 Å². The van der Waals surface area contributed by atoms with Gasteiger partial charge in [0.05, 0.1) is 0 Å². The van der Waals surface area contributed by atoms with E-state index in [0.717, 1.165) is 56.3 Å². The number of hydroxylamine groups is 2. The molecule has 2 heterocycles. The van der Waals surface area contributed by atoms with Crippen molar-refractivity contribution in [2.24, 2.45) is 11.8 Å². The molecule has 1 aromatic carbocycles. The Morgan fingerprint density at radius 2 is 1.65 bits per heavy atom. The molecular weight excluding hydrogens is 345 g/mol. The minimum atomic E-state index is -4.92. The van der Waals surface area contributed by atoms with Crippen molar-refractivity contribution in [1.82, 2.24) is 9.96 Å². The summed E-state index contributed by atoms with van der Waals surface area (Å²) in [6.45, 7) is 4.02. The van der Waals surface area contributed by atoms with Crippen LogP contribution < -0.4 is 0 Å². The van der Waals surface area contributed by atoms with Gasteiger partial charge in [-0.05, 0) is 43.1 Å². The predicted octanol–water partition coefficient (Wildman–Crippen LogP) is 3.63. The number of hydrogen-bond donors (Lipinski definition) is 0. The summed E-state index contributed by atoms with van der Waals surface area (Å²) in [7, 11) is 0. The zero-order valence-corrected chi connectivity index (χ0v) is 14.8. The van der Waals surface area contributed by atoms with Gasteiger partial charge in [-0.1, -0.05) is 30.3 Å². The quantitative estimate of drug-likeness (QED) is 0.766. The molecule has 0 aromatic heterocycles. The van der Waals surface area contributed by atoms with E-state index in [0.29, 0.717) is 19.0 Å². The molecule has 4 nitrogen and oxygen atoms in total. The number of likely N-dealkylation sites (tertiary alicyclic amines) is 1. The van der Waals surface area contributed by atoms with E-state index in [1.54, 1.807) is 0 Å². The molecule has 0 radical (unpaired) electrons. The first kappa shape index (κ1) is 19.2. The third-order valence-corrected chi connectivity index (χ3v) is 5.28. The molecule has 2 aliphatic heterocycles. The van der Waals surface area contributed by atoms with Crippen LogP contribution in [-0.2, 0) is 16.2 Å².